The van der Waals surface area contributed by atoms with Crippen LogP contribution in [-0.2, 0) is 0 Å². The lowest BCUT2D eigenvalue weighted by atomic mass is 9.96. The van der Waals surface area contributed by atoms with Crippen molar-refractivity contribution in [2.24, 2.45) is 11.8 Å². The molecule has 2 fully saturated rings. The quantitative estimate of drug-likeness (QED) is 0.856. The van der Waals surface area contributed by atoms with Crippen LogP contribution in [0.5, 0.6) is 0 Å². The first-order chi connectivity index (χ1) is 9.36. The van der Waals surface area contributed by atoms with E-state index < -0.39 is 0 Å². The van der Waals surface area contributed by atoms with Gasteiger partial charge in [-0.1, -0.05) is 13.0 Å². The molecular formula is C16H26N2S. The second-order valence-electron chi connectivity index (χ2n) is 6.12. The Labute approximate surface area is 121 Å². The molecule has 1 atom stereocenters. The van der Waals surface area contributed by atoms with Crippen molar-refractivity contribution in [3.8, 4) is 0 Å². The summed E-state index contributed by atoms with van der Waals surface area (Å²) >= 11 is 1.92. The van der Waals surface area contributed by atoms with Crippen LogP contribution in [-0.4, -0.2) is 31.1 Å². The maximum absolute atomic E-state index is 3.88. The summed E-state index contributed by atoms with van der Waals surface area (Å²) in [5, 5.41) is 6.09. The van der Waals surface area contributed by atoms with E-state index in [9.17, 15) is 0 Å². The molecule has 106 valence electrons. The Bertz CT molecular complexity index is 364. The first-order valence-corrected chi connectivity index (χ1v) is 8.74. The van der Waals surface area contributed by atoms with Crippen LogP contribution >= 0.6 is 11.3 Å². The lowest BCUT2D eigenvalue weighted by molar-refractivity contribution is 0.187. The summed E-state index contributed by atoms with van der Waals surface area (Å²) in [5.41, 5.74) is 0. The van der Waals surface area contributed by atoms with Gasteiger partial charge in [-0.15, -0.1) is 11.3 Å². The number of hydrogen-bond acceptors (Lipinski definition) is 3. The topological polar surface area (TPSA) is 15.3 Å². The van der Waals surface area contributed by atoms with Crippen LogP contribution in [0.1, 0.15) is 43.5 Å². The number of rotatable bonds is 6. The van der Waals surface area contributed by atoms with Gasteiger partial charge in [0, 0.05) is 10.9 Å². The van der Waals surface area contributed by atoms with Crippen LogP contribution in [0.2, 0.25) is 0 Å². The molecule has 0 spiro atoms. The van der Waals surface area contributed by atoms with E-state index >= 15 is 0 Å². The van der Waals surface area contributed by atoms with Crippen molar-refractivity contribution in [1.82, 2.24) is 10.2 Å². The third-order valence-corrected chi connectivity index (χ3v) is 5.68. The first-order valence-electron chi connectivity index (χ1n) is 7.86. The average Bonchev–Trinajstić information content (AvgIpc) is 3.14. The molecule has 0 amide bonds. The molecule has 3 rings (SSSR count). The molecule has 2 nitrogen and oxygen atoms in total. The normalized spacial score (nSPS) is 23.6. The molecule has 19 heavy (non-hydrogen) atoms. The Morgan fingerprint density at radius 3 is 2.68 bits per heavy atom. The Morgan fingerprint density at radius 1 is 1.32 bits per heavy atom. The van der Waals surface area contributed by atoms with E-state index in [-0.39, 0.29) is 0 Å². The van der Waals surface area contributed by atoms with Crippen LogP contribution in [0.4, 0.5) is 0 Å². The molecule has 1 aliphatic carbocycles. The molecule has 2 aliphatic rings. The van der Waals surface area contributed by atoms with E-state index in [1.165, 1.54) is 51.9 Å². The lowest BCUT2D eigenvalue weighted by Gasteiger charge is -2.32. The molecule has 1 N–H and O–H groups in total. The minimum Gasteiger partial charge on any atom is -0.309 e. The van der Waals surface area contributed by atoms with Gasteiger partial charge in [0.2, 0.25) is 0 Å². The van der Waals surface area contributed by atoms with Gasteiger partial charge in [-0.05, 0) is 75.1 Å². The highest BCUT2D eigenvalue weighted by Crippen LogP contribution is 2.42. The van der Waals surface area contributed by atoms with Crippen LogP contribution in [0.25, 0.3) is 0 Å². The number of nitrogens with zero attached hydrogens (tertiary/aromatic N) is 1. The van der Waals surface area contributed by atoms with Gasteiger partial charge >= 0.3 is 0 Å². The van der Waals surface area contributed by atoms with Crippen molar-refractivity contribution in [3.63, 3.8) is 0 Å². The van der Waals surface area contributed by atoms with Crippen molar-refractivity contribution < 1.29 is 0 Å². The van der Waals surface area contributed by atoms with Crippen LogP contribution in [0.15, 0.2) is 17.5 Å². The van der Waals surface area contributed by atoms with E-state index in [0.29, 0.717) is 6.04 Å². The maximum Gasteiger partial charge on any atom is 0.0443 e. The molecular weight excluding hydrogens is 252 g/mol. The van der Waals surface area contributed by atoms with Gasteiger partial charge in [0.05, 0.1) is 0 Å². The van der Waals surface area contributed by atoms with Crippen LogP contribution < -0.4 is 5.32 Å². The molecule has 1 unspecified atom stereocenters. The summed E-state index contributed by atoms with van der Waals surface area (Å²) in [4.78, 5) is 4.13. The van der Waals surface area contributed by atoms with Gasteiger partial charge in [-0.3, -0.25) is 0 Å². The molecule has 1 aromatic rings. The van der Waals surface area contributed by atoms with Gasteiger partial charge in [0.25, 0.3) is 0 Å². The molecule has 1 saturated heterocycles. The summed E-state index contributed by atoms with van der Waals surface area (Å²) in [6.45, 7) is 7.32. The van der Waals surface area contributed by atoms with E-state index in [2.05, 4.69) is 34.7 Å². The largest absolute Gasteiger partial charge is 0.309 e. The van der Waals surface area contributed by atoms with Gasteiger partial charge in [-0.25, -0.2) is 0 Å². The second-order valence-corrected chi connectivity index (χ2v) is 7.10. The first kappa shape index (κ1) is 13.6. The van der Waals surface area contributed by atoms with Crippen molar-refractivity contribution in [1.29, 1.82) is 0 Å². The van der Waals surface area contributed by atoms with E-state index in [4.69, 9.17) is 0 Å². The standard InChI is InChI=1S/C16H26N2S/c1-2-18-9-7-13(8-10-18)12-17-16(14-5-6-14)15-4-3-11-19-15/h3-4,11,13-14,16-17H,2,5-10,12H2,1H3. The minimum absolute atomic E-state index is 0.643. The zero-order valence-electron chi connectivity index (χ0n) is 12.0. The van der Waals surface area contributed by atoms with E-state index in [1.54, 1.807) is 4.88 Å². The van der Waals surface area contributed by atoms with Gasteiger partial charge in [0.15, 0.2) is 0 Å². The smallest absolute Gasteiger partial charge is 0.0443 e. The summed E-state index contributed by atoms with van der Waals surface area (Å²) in [7, 11) is 0. The predicted octanol–water partition coefficient (Wildman–Crippen LogP) is 3.52. The number of hydrogen-bond donors (Lipinski definition) is 1. The SMILES string of the molecule is CCN1CCC(CNC(c2cccs2)C2CC2)CC1. The summed E-state index contributed by atoms with van der Waals surface area (Å²) in [6.07, 6.45) is 5.60. The van der Waals surface area contributed by atoms with Crippen molar-refractivity contribution >= 4 is 11.3 Å². The monoisotopic (exact) mass is 278 g/mol. The Balaban J connectivity index is 1.48. The average molecular weight is 278 g/mol. The van der Waals surface area contributed by atoms with Gasteiger partial charge < -0.3 is 10.2 Å². The van der Waals surface area contributed by atoms with Crippen molar-refractivity contribution in [2.45, 2.75) is 38.6 Å². The van der Waals surface area contributed by atoms with Gasteiger partial charge in [-0.2, -0.15) is 0 Å². The predicted molar refractivity (Wildman–Crippen MR) is 82.6 cm³/mol. The fourth-order valence-corrected chi connectivity index (χ4v) is 4.09. The highest BCUT2D eigenvalue weighted by atomic mass is 32.1. The van der Waals surface area contributed by atoms with E-state index in [0.717, 1.165) is 11.8 Å². The summed E-state index contributed by atoms with van der Waals surface area (Å²) in [6, 6.07) is 5.14. The molecule has 1 saturated carbocycles. The van der Waals surface area contributed by atoms with Crippen LogP contribution in [0.3, 0.4) is 0 Å². The Morgan fingerprint density at radius 2 is 2.11 bits per heavy atom. The number of piperidine rings is 1. The molecule has 0 radical (unpaired) electrons. The second kappa shape index (κ2) is 6.38. The molecule has 3 heteroatoms. The highest BCUT2D eigenvalue weighted by Gasteiger charge is 2.33. The van der Waals surface area contributed by atoms with Crippen LogP contribution in [0, 0.1) is 11.8 Å². The van der Waals surface area contributed by atoms with E-state index in [1.807, 2.05) is 11.3 Å². The molecule has 1 aliphatic heterocycles. The molecule has 2 heterocycles. The highest BCUT2D eigenvalue weighted by molar-refractivity contribution is 7.10. The Hall–Kier alpha value is -0.380. The molecule has 1 aromatic heterocycles. The molecule has 0 bridgehead atoms. The fraction of sp³-hybridized carbons (Fsp3) is 0.750. The Kier molecular flexibility index (Phi) is 4.57. The molecule has 0 aromatic carbocycles. The van der Waals surface area contributed by atoms with Crippen molar-refractivity contribution in [2.75, 3.05) is 26.2 Å². The minimum atomic E-state index is 0.643. The number of likely N-dealkylation sites (tertiary alicyclic amines) is 1. The lowest BCUT2D eigenvalue weighted by Crippen LogP contribution is -2.38. The third-order valence-electron chi connectivity index (χ3n) is 4.72. The third kappa shape index (κ3) is 3.59. The fourth-order valence-electron chi connectivity index (χ4n) is 3.20. The zero-order chi connectivity index (χ0) is 13.1. The number of thiophene rings is 1. The summed E-state index contributed by atoms with van der Waals surface area (Å²) < 4.78 is 0. The maximum atomic E-state index is 3.88. The van der Waals surface area contributed by atoms with Crippen molar-refractivity contribution in [3.05, 3.63) is 22.4 Å². The number of nitrogens with one attached hydrogen (secondary N) is 1. The summed E-state index contributed by atoms with van der Waals surface area (Å²) in [5.74, 6) is 1.80. The van der Waals surface area contributed by atoms with Gasteiger partial charge in [0.1, 0.15) is 0 Å². The zero-order valence-corrected chi connectivity index (χ0v) is 12.8.